The van der Waals surface area contributed by atoms with Gasteiger partial charge in [0.2, 0.25) is 0 Å². The Kier molecular flexibility index (Phi) is 6.51. The van der Waals surface area contributed by atoms with Gasteiger partial charge in [0.05, 0.1) is 22.9 Å². The lowest BCUT2D eigenvalue weighted by Gasteiger charge is -2.23. The largest absolute Gasteiger partial charge is 0.376 e. The van der Waals surface area contributed by atoms with E-state index in [1.165, 1.54) is 16.7 Å². The van der Waals surface area contributed by atoms with Crippen molar-refractivity contribution in [3.8, 4) is 0 Å². The Bertz CT molecular complexity index is 1230. The first kappa shape index (κ1) is 21.8. The van der Waals surface area contributed by atoms with E-state index in [2.05, 4.69) is 61.5 Å². The lowest BCUT2D eigenvalue weighted by atomic mass is 10.0. The van der Waals surface area contributed by atoms with Crippen LogP contribution in [0.2, 0.25) is 0 Å². The van der Waals surface area contributed by atoms with Gasteiger partial charge in [-0.3, -0.25) is 9.69 Å². The molecule has 33 heavy (non-hydrogen) atoms. The minimum atomic E-state index is -0.0196. The average Bonchev–Trinajstić information content (AvgIpc) is 3.53. The summed E-state index contributed by atoms with van der Waals surface area (Å²) in [5, 5.41) is 0.750. The van der Waals surface area contributed by atoms with E-state index in [0.29, 0.717) is 12.1 Å². The number of amides is 1. The van der Waals surface area contributed by atoms with Gasteiger partial charge in [0, 0.05) is 12.2 Å². The van der Waals surface area contributed by atoms with Crippen molar-refractivity contribution in [1.29, 1.82) is 0 Å². The van der Waals surface area contributed by atoms with Gasteiger partial charge in [-0.2, -0.15) is 0 Å². The second kappa shape index (κ2) is 9.86. The summed E-state index contributed by atoms with van der Waals surface area (Å²) in [6, 6.07) is 24.6. The molecule has 168 valence electrons. The molecule has 0 N–H and O–H groups in total. The Morgan fingerprint density at radius 1 is 1.03 bits per heavy atom. The molecular weight excluding hydrogens is 428 g/mol. The Morgan fingerprint density at radius 3 is 2.55 bits per heavy atom. The fourth-order valence-corrected chi connectivity index (χ4v) is 5.41. The summed E-state index contributed by atoms with van der Waals surface area (Å²) >= 11 is 1.58. The maximum atomic E-state index is 13.7. The van der Waals surface area contributed by atoms with Gasteiger partial charge in [-0.15, -0.1) is 0 Å². The van der Waals surface area contributed by atoms with Gasteiger partial charge in [-0.05, 0) is 60.6 Å². The average molecular weight is 457 g/mol. The molecule has 4 nitrogen and oxygen atoms in total. The second-order valence-electron chi connectivity index (χ2n) is 8.52. The molecule has 5 rings (SSSR count). The molecule has 0 saturated carbocycles. The van der Waals surface area contributed by atoms with Gasteiger partial charge in [0.15, 0.2) is 5.13 Å². The number of hydrogen-bond acceptors (Lipinski definition) is 4. The molecule has 0 aliphatic carbocycles. The third-order valence-corrected chi connectivity index (χ3v) is 7.25. The maximum absolute atomic E-state index is 13.7. The smallest absolute Gasteiger partial charge is 0.260 e. The summed E-state index contributed by atoms with van der Waals surface area (Å²) in [4.78, 5) is 20.4. The summed E-state index contributed by atoms with van der Waals surface area (Å²) in [7, 11) is 0. The van der Waals surface area contributed by atoms with Crippen molar-refractivity contribution in [2.24, 2.45) is 0 Å². The molecule has 1 fully saturated rings. The SMILES string of the molecule is CCc1cccc2sc(N(CC3CCCO3)C(=O)c3ccc(Cc4ccccc4)cc3)nc12. The summed E-state index contributed by atoms with van der Waals surface area (Å²) < 4.78 is 7.00. The standard InChI is InChI=1S/C28H28N2O2S/c1-2-22-10-6-12-25-26(22)29-28(33-25)30(19-24-11-7-17-32-24)27(31)23-15-13-21(14-16-23)18-20-8-4-3-5-9-20/h3-6,8-10,12-16,24H,2,7,11,17-19H2,1H3. The zero-order valence-electron chi connectivity index (χ0n) is 18.9. The van der Waals surface area contributed by atoms with Gasteiger partial charge in [0.25, 0.3) is 5.91 Å². The van der Waals surface area contributed by atoms with E-state index >= 15 is 0 Å². The van der Waals surface area contributed by atoms with Crippen molar-refractivity contribution in [3.05, 3.63) is 95.1 Å². The third kappa shape index (κ3) is 4.85. The minimum absolute atomic E-state index is 0.0196. The lowest BCUT2D eigenvalue weighted by molar-refractivity contribution is 0.0917. The van der Waals surface area contributed by atoms with Crippen molar-refractivity contribution < 1.29 is 9.53 Å². The first-order valence-electron chi connectivity index (χ1n) is 11.7. The van der Waals surface area contributed by atoms with Crippen molar-refractivity contribution in [3.63, 3.8) is 0 Å². The highest BCUT2D eigenvalue weighted by atomic mass is 32.1. The van der Waals surface area contributed by atoms with E-state index in [4.69, 9.17) is 9.72 Å². The number of fused-ring (bicyclic) bond motifs is 1. The van der Waals surface area contributed by atoms with Crippen LogP contribution in [0.5, 0.6) is 0 Å². The molecule has 1 aliphatic heterocycles. The zero-order valence-corrected chi connectivity index (χ0v) is 19.7. The van der Waals surface area contributed by atoms with Crippen LogP contribution in [0, 0.1) is 0 Å². The number of thiazole rings is 1. The number of carbonyl (C=O) groups excluding carboxylic acids is 1. The predicted octanol–water partition coefficient (Wildman–Crippen LogP) is 6.28. The highest BCUT2D eigenvalue weighted by Gasteiger charge is 2.27. The van der Waals surface area contributed by atoms with Crippen LogP contribution in [0.3, 0.4) is 0 Å². The molecule has 1 atom stereocenters. The minimum Gasteiger partial charge on any atom is -0.376 e. The first-order chi connectivity index (χ1) is 16.2. The van der Waals surface area contributed by atoms with E-state index in [-0.39, 0.29) is 12.0 Å². The van der Waals surface area contributed by atoms with Crippen molar-refractivity contribution in [2.45, 2.75) is 38.7 Å². The Morgan fingerprint density at radius 2 is 1.82 bits per heavy atom. The molecule has 0 radical (unpaired) electrons. The molecule has 2 heterocycles. The summed E-state index contributed by atoms with van der Waals surface area (Å²) in [5.74, 6) is -0.0196. The number of aromatic nitrogens is 1. The number of ether oxygens (including phenoxy) is 1. The van der Waals surface area contributed by atoms with Crippen LogP contribution in [0.4, 0.5) is 5.13 Å². The Labute approximate surface area is 198 Å². The predicted molar refractivity (Wildman–Crippen MR) is 135 cm³/mol. The molecule has 5 heteroatoms. The monoisotopic (exact) mass is 456 g/mol. The van der Waals surface area contributed by atoms with Crippen LogP contribution in [-0.4, -0.2) is 30.1 Å². The Balaban J connectivity index is 1.43. The van der Waals surface area contributed by atoms with Crippen LogP contribution in [-0.2, 0) is 17.6 Å². The van der Waals surface area contributed by atoms with E-state index in [1.54, 1.807) is 11.3 Å². The highest BCUT2D eigenvalue weighted by Crippen LogP contribution is 2.33. The van der Waals surface area contributed by atoms with Crippen LogP contribution in [0.25, 0.3) is 10.2 Å². The number of anilines is 1. The molecule has 0 bridgehead atoms. The molecule has 3 aromatic carbocycles. The fourth-order valence-electron chi connectivity index (χ4n) is 4.39. The van der Waals surface area contributed by atoms with Crippen LogP contribution >= 0.6 is 11.3 Å². The first-order valence-corrected chi connectivity index (χ1v) is 12.5. The van der Waals surface area contributed by atoms with Crippen molar-refractivity contribution in [1.82, 2.24) is 4.98 Å². The number of para-hydroxylation sites is 1. The number of carbonyl (C=O) groups is 1. The quantitative estimate of drug-likeness (QED) is 0.329. The summed E-state index contributed by atoms with van der Waals surface area (Å²) in [6.07, 6.45) is 3.85. The van der Waals surface area contributed by atoms with Gasteiger partial charge in [0.1, 0.15) is 0 Å². The zero-order chi connectivity index (χ0) is 22.6. The van der Waals surface area contributed by atoms with Gasteiger partial charge in [-0.25, -0.2) is 4.98 Å². The lowest BCUT2D eigenvalue weighted by Crippen LogP contribution is -2.37. The normalized spacial score (nSPS) is 15.7. The Hall–Kier alpha value is -3.02. The van der Waals surface area contributed by atoms with Crippen LogP contribution in [0.15, 0.2) is 72.8 Å². The second-order valence-corrected chi connectivity index (χ2v) is 9.53. The van der Waals surface area contributed by atoms with E-state index in [0.717, 1.165) is 47.6 Å². The molecule has 1 aromatic heterocycles. The van der Waals surface area contributed by atoms with E-state index < -0.39 is 0 Å². The molecule has 4 aromatic rings. The van der Waals surface area contributed by atoms with Gasteiger partial charge in [-0.1, -0.05) is 72.9 Å². The number of benzene rings is 3. The molecule has 1 aliphatic rings. The summed E-state index contributed by atoms with van der Waals surface area (Å²) in [5.41, 5.74) is 5.35. The van der Waals surface area contributed by atoms with Gasteiger partial charge < -0.3 is 4.74 Å². The van der Waals surface area contributed by atoms with Crippen LogP contribution < -0.4 is 4.90 Å². The van der Waals surface area contributed by atoms with Crippen molar-refractivity contribution in [2.75, 3.05) is 18.1 Å². The topological polar surface area (TPSA) is 42.4 Å². The fraction of sp³-hybridized carbons (Fsp3) is 0.286. The van der Waals surface area contributed by atoms with Gasteiger partial charge >= 0.3 is 0 Å². The number of rotatable bonds is 7. The molecule has 0 spiro atoms. The van der Waals surface area contributed by atoms with E-state index in [9.17, 15) is 4.79 Å². The molecule has 1 amide bonds. The summed E-state index contributed by atoms with van der Waals surface area (Å²) in [6.45, 7) is 3.44. The number of nitrogens with zero attached hydrogens (tertiary/aromatic N) is 2. The van der Waals surface area contributed by atoms with Crippen LogP contribution in [0.1, 0.15) is 46.8 Å². The third-order valence-electron chi connectivity index (χ3n) is 6.21. The molecule has 1 unspecified atom stereocenters. The number of hydrogen-bond donors (Lipinski definition) is 0. The van der Waals surface area contributed by atoms with Crippen molar-refractivity contribution >= 4 is 32.6 Å². The maximum Gasteiger partial charge on any atom is 0.260 e. The highest BCUT2D eigenvalue weighted by molar-refractivity contribution is 7.22. The molecular formula is C28H28N2O2S. The number of aryl methyl sites for hydroxylation is 1. The molecule has 1 saturated heterocycles. The van der Waals surface area contributed by atoms with E-state index in [1.807, 2.05) is 23.1 Å².